The molecule has 0 aliphatic carbocycles. The van der Waals surface area contributed by atoms with Crippen LogP contribution in [-0.4, -0.2) is 67.1 Å². The van der Waals surface area contributed by atoms with E-state index in [1.165, 1.54) is 19.3 Å². The van der Waals surface area contributed by atoms with Gasteiger partial charge in [0, 0.05) is 29.8 Å². The zero-order chi connectivity index (χ0) is 28.9. The van der Waals surface area contributed by atoms with E-state index in [-0.39, 0.29) is 31.5 Å². The molecule has 0 saturated heterocycles. The third-order valence-electron chi connectivity index (χ3n) is 3.72. The Hall–Kier alpha value is -3.41. The van der Waals surface area contributed by atoms with E-state index in [9.17, 15) is 28.8 Å². The summed E-state index contributed by atoms with van der Waals surface area (Å²) in [6.45, 7) is 6.96. The van der Waals surface area contributed by atoms with E-state index in [0.29, 0.717) is 40.7 Å². The molecule has 0 atom stereocenters. The van der Waals surface area contributed by atoms with Crippen molar-refractivity contribution in [3.8, 4) is 0 Å². The third kappa shape index (κ3) is 23.0. The number of hydrogen-bond donors (Lipinski definition) is 1. The number of methoxy groups -OCH3 is 1. The molecule has 0 aromatic heterocycles. The number of halogens is 1. The molecule has 0 radical (unpaired) electrons. The van der Waals surface area contributed by atoms with Crippen molar-refractivity contribution >= 4 is 59.3 Å². The standard InChI is InChI=1S/2C9H8O.C5H8O3.C4H5IO2.CH4O.CH4/c2*1-2-9(10)8-6-4-3-5-7-8;1-8-4-5(2-6)3-7;5-1-4(2-6)3-7;1-2;/h2*2-7H,1H2;2-3,5H,4H2,1H3;2-4H,1H2;2H,1H3;1H4. The highest BCUT2D eigenvalue weighted by Crippen LogP contribution is 2.00. The van der Waals surface area contributed by atoms with Crippen LogP contribution >= 0.6 is 22.6 Å². The number of allylic oxidation sites excluding steroid dienone is 2. The Balaban J connectivity index is -0.000000199. The van der Waals surface area contributed by atoms with Crippen LogP contribution in [-0.2, 0) is 23.9 Å². The minimum absolute atomic E-state index is 0. The summed E-state index contributed by atoms with van der Waals surface area (Å²) in [5.41, 5.74) is 1.38. The zero-order valence-electron chi connectivity index (χ0n) is 20.9. The van der Waals surface area contributed by atoms with Gasteiger partial charge < -0.3 is 29.0 Å². The van der Waals surface area contributed by atoms with Crippen LogP contribution in [0, 0.1) is 11.8 Å². The van der Waals surface area contributed by atoms with Crippen LogP contribution in [0.2, 0.25) is 0 Å². The van der Waals surface area contributed by atoms with Crippen LogP contribution in [0.1, 0.15) is 28.1 Å². The number of ether oxygens (including phenoxy) is 1. The monoisotopic (exact) mass is 640 g/mol. The first-order chi connectivity index (χ1) is 17.9. The van der Waals surface area contributed by atoms with E-state index < -0.39 is 5.92 Å². The Morgan fingerprint density at radius 1 is 0.763 bits per heavy atom. The molecule has 0 spiro atoms. The molecule has 1 N–H and O–H groups in total. The number of carbonyl (C=O) groups excluding carboxylic acids is 6. The van der Waals surface area contributed by atoms with Crippen molar-refractivity contribution in [1.29, 1.82) is 0 Å². The lowest BCUT2D eigenvalue weighted by atomic mass is 10.1. The number of aldehydes is 4. The normalized spacial score (nSPS) is 8.37. The fraction of sp³-hybridized carbons (Fsp3) is 0.241. The molecule has 0 aliphatic heterocycles. The van der Waals surface area contributed by atoms with Gasteiger partial charge in [-0.3, -0.25) is 9.59 Å². The van der Waals surface area contributed by atoms with E-state index >= 15 is 0 Å². The molecular formula is C29H37IO8. The first kappa shape index (κ1) is 41.7. The summed E-state index contributed by atoms with van der Waals surface area (Å²) in [5.74, 6) is -1.03. The van der Waals surface area contributed by atoms with Gasteiger partial charge in [-0.1, -0.05) is 104 Å². The van der Waals surface area contributed by atoms with Gasteiger partial charge in [-0.05, 0) is 12.2 Å². The molecule has 0 fully saturated rings. The molecule has 9 heteroatoms. The van der Waals surface area contributed by atoms with Gasteiger partial charge >= 0.3 is 0 Å². The molecule has 0 unspecified atom stereocenters. The Morgan fingerprint density at radius 3 is 1.24 bits per heavy atom. The Labute approximate surface area is 238 Å². The molecule has 38 heavy (non-hydrogen) atoms. The molecule has 0 amide bonds. The Bertz CT molecular complexity index is 843. The Kier molecular flexibility index (Phi) is 34.7. The van der Waals surface area contributed by atoms with Gasteiger partial charge in [0.05, 0.1) is 18.4 Å². The molecule has 2 rings (SSSR count). The number of benzene rings is 2. The lowest BCUT2D eigenvalue weighted by Gasteiger charge is -1.95. The first-order valence-electron chi connectivity index (χ1n) is 10.6. The van der Waals surface area contributed by atoms with Crippen molar-refractivity contribution in [3.63, 3.8) is 0 Å². The topological polar surface area (TPSA) is 132 Å². The summed E-state index contributed by atoms with van der Waals surface area (Å²) in [4.78, 5) is 60.9. The number of hydrogen-bond acceptors (Lipinski definition) is 8. The summed E-state index contributed by atoms with van der Waals surface area (Å²) >= 11 is 1.99. The SMILES string of the molecule is C.C=CC(=O)c1ccccc1.C=CC(=O)c1ccccc1.CO.COCC(C=O)C=O.O=CC(C=O)CI. The van der Waals surface area contributed by atoms with Crippen molar-refractivity contribution in [1.82, 2.24) is 0 Å². The summed E-state index contributed by atoms with van der Waals surface area (Å²) in [7, 11) is 2.44. The molecule has 0 bridgehead atoms. The van der Waals surface area contributed by atoms with Crippen LogP contribution in [0.5, 0.6) is 0 Å². The van der Waals surface area contributed by atoms with Crippen molar-refractivity contribution in [3.05, 3.63) is 97.1 Å². The van der Waals surface area contributed by atoms with Crippen LogP contribution in [0.4, 0.5) is 0 Å². The Morgan fingerprint density at radius 2 is 1.08 bits per heavy atom. The van der Waals surface area contributed by atoms with Gasteiger partial charge in [-0.2, -0.15) is 0 Å². The molecule has 2 aromatic carbocycles. The number of ketones is 2. The molecule has 0 heterocycles. The molecule has 0 aliphatic rings. The minimum Gasteiger partial charge on any atom is -0.400 e. The number of aliphatic hydroxyl groups is 1. The number of rotatable bonds is 11. The average Bonchev–Trinajstić information content (AvgIpc) is 2.99. The molecule has 0 saturated carbocycles. The van der Waals surface area contributed by atoms with E-state index in [4.69, 9.17) is 5.11 Å². The highest BCUT2D eigenvalue weighted by molar-refractivity contribution is 14.1. The number of aliphatic hydroxyl groups excluding tert-OH is 1. The van der Waals surface area contributed by atoms with E-state index in [1.54, 1.807) is 24.3 Å². The van der Waals surface area contributed by atoms with Gasteiger partial charge in [0.1, 0.15) is 25.1 Å². The van der Waals surface area contributed by atoms with Gasteiger partial charge in [-0.15, -0.1) is 0 Å². The summed E-state index contributed by atoms with van der Waals surface area (Å²) in [6.07, 6.45) is 5.07. The van der Waals surface area contributed by atoms with Gasteiger partial charge in [-0.25, -0.2) is 0 Å². The summed E-state index contributed by atoms with van der Waals surface area (Å²) in [6, 6.07) is 18.1. The minimum atomic E-state index is -0.583. The highest BCUT2D eigenvalue weighted by Gasteiger charge is 2.01. The lowest BCUT2D eigenvalue weighted by molar-refractivity contribution is -0.121. The van der Waals surface area contributed by atoms with Gasteiger partial charge in [0.25, 0.3) is 0 Å². The maximum atomic E-state index is 10.9. The fourth-order valence-corrected chi connectivity index (χ4v) is 2.26. The predicted molar refractivity (Wildman–Crippen MR) is 159 cm³/mol. The maximum absolute atomic E-state index is 10.9. The second-order valence-corrected chi connectivity index (χ2v) is 7.23. The van der Waals surface area contributed by atoms with E-state index in [0.717, 1.165) is 7.11 Å². The van der Waals surface area contributed by atoms with Crippen molar-refractivity contribution < 1.29 is 38.6 Å². The number of alkyl halides is 1. The van der Waals surface area contributed by atoms with Crippen molar-refractivity contribution in [2.75, 3.05) is 25.3 Å². The maximum Gasteiger partial charge on any atom is 0.185 e. The van der Waals surface area contributed by atoms with Crippen LogP contribution in [0.25, 0.3) is 0 Å². The largest absolute Gasteiger partial charge is 0.400 e. The fourth-order valence-electron chi connectivity index (χ4n) is 1.85. The van der Waals surface area contributed by atoms with Crippen LogP contribution < -0.4 is 0 Å². The van der Waals surface area contributed by atoms with Crippen molar-refractivity contribution in [2.24, 2.45) is 11.8 Å². The predicted octanol–water partition coefficient (Wildman–Crippen LogP) is 4.44. The summed E-state index contributed by atoms with van der Waals surface area (Å²) in [5, 5.41) is 7.00. The zero-order valence-corrected chi connectivity index (χ0v) is 23.1. The van der Waals surface area contributed by atoms with E-state index in [1.807, 2.05) is 59.0 Å². The number of carbonyl (C=O) groups is 6. The van der Waals surface area contributed by atoms with Crippen LogP contribution in [0.3, 0.4) is 0 Å². The van der Waals surface area contributed by atoms with Gasteiger partial charge in [0.15, 0.2) is 11.6 Å². The van der Waals surface area contributed by atoms with Crippen molar-refractivity contribution in [2.45, 2.75) is 7.43 Å². The van der Waals surface area contributed by atoms with Gasteiger partial charge in [0.2, 0.25) is 0 Å². The second kappa shape index (κ2) is 31.6. The second-order valence-electron chi connectivity index (χ2n) is 6.35. The lowest BCUT2D eigenvalue weighted by Crippen LogP contribution is -2.10. The molecular weight excluding hydrogens is 603 g/mol. The first-order valence-corrected chi connectivity index (χ1v) is 12.2. The molecule has 208 valence electrons. The van der Waals surface area contributed by atoms with Crippen LogP contribution in [0.15, 0.2) is 86.0 Å². The highest BCUT2D eigenvalue weighted by atomic mass is 127. The third-order valence-corrected chi connectivity index (χ3v) is 4.74. The average molecular weight is 641 g/mol. The smallest absolute Gasteiger partial charge is 0.185 e. The quantitative estimate of drug-likeness (QED) is 0.0953. The molecule has 2 aromatic rings. The summed E-state index contributed by atoms with van der Waals surface area (Å²) < 4.78 is 5.11. The van der Waals surface area contributed by atoms with E-state index in [2.05, 4.69) is 17.9 Å². The molecule has 8 nitrogen and oxygen atoms in total.